The molecule has 0 unspecified atom stereocenters. The van der Waals surface area contributed by atoms with Crippen LogP contribution in [-0.2, 0) is 5.41 Å². The highest BCUT2D eigenvalue weighted by molar-refractivity contribution is 14.1. The lowest BCUT2D eigenvalue weighted by molar-refractivity contribution is 0.100. The molecule has 20 heavy (non-hydrogen) atoms. The second kappa shape index (κ2) is 5.20. The van der Waals surface area contributed by atoms with Gasteiger partial charge in [0, 0.05) is 26.2 Å². The Morgan fingerprint density at radius 3 is 2.50 bits per heavy atom. The van der Waals surface area contributed by atoms with E-state index < -0.39 is 5.91 Å². The number of aromatic nitrogens is 1. The summed E-state index contributed by atoms with van der Waals surface area (Å²) < 4.78 is 6.37. The minimum Gasteiger partial charge on any atom is -0.366 e. The van der Waals surface area contributed by atoms with Crippen molar-refractivity contribution < 1.29 is 9.32 Å². The van der Waals surface area contributed by atoms with Crippen LogP contribution in [-0.4, -0.2) is 11.1 Å². The van der Waals surface area contributed by atoms with E-state index in [1.54, 1.807) is 6.07 Å². The Bertz CT molecular complexity index is 669. The highest BCUT2D eigenvalue weighted by Crippen LogP contribution is 2.33. The van der Waals surface area contributed by atoms with Gasteiger partial charge in [0.05, 0.1) is 0 Å². The fraction of sp³-hybridized carbons (Fsp3) is 0.333. The van der Waals surface area contributed by atoms with E-state index >= 15 is 0 Å². The average Bonchev–Trinajstić information content (AvgIpc) is 2.80. The van der Waals surface area contributed by atoms with Gasteiger partial charge >= 0.3 is 0 Å². The molecule has 0 saturated carbocycles. The van der Waals surface area contributed by atoms with Gasteiger partial charge in [-0.05, 0) is 41.1 Å². The Hall–Kier alpha value is -1.37. The van der Waals surface area contributed by atoms with Crippen LogP contribution in [0.3, 0.4) is 0 Å². The topological polar surface area (TPSA) is 69.1 Å². The molecule has 0 bridgehead atoms. The van der Waals surface area contributed by atoms with Crippen molar-refractivity contribution in [3.8, 4) is 11.3 Å². The average molecular weight is 384 g/mol. The van der Waals surface area contributed by atoms with Gasteiger partial charge in [0.25, 0.3) is 0 Å². The summed E-state index contributed by atoms with van der Waals surface area (Å²) in [6, 6.07) is 5.50. The number of nitrogens with zero attached hydrogens (tertiary/aromatic N) is 1. The van der Waals surface area contributed by atoms with Crippen LogP contribution in [0, 0.1) is 10.5 Å². The van der Waals surface area contributed by atoms with Crippen molar-refractivity contribution in [3.05, 3.63) is 38.7 Å². The molecule has 0 aliphatic carbocycles. The first kappa shape index (κ1) is 15.0. The van der Waals surface area contributed by atoms with Crippen molar-refractivity contribution in [3.63, 3.8) is 0 Å². The largest absolute Gasteiger partial charge is 0.366 e. The number of carbonyl (C=O) groups is 1. The summed E-state index contributed by atoms with van der Waals surface area (Å²) in [5.41, 5.74) is 8.27. The van der Waals surface area contributed by atoms with Crippen LogP contribution in [0.1, 0.15) is 42.5 Å². The number of aryl methyl sites for hydroxylation is 1. The molecule has 0 saturated heterocycles. The fourth-order valence-electron chi connectivity index (χ4n) is 1.88. The molecule has 1 aromatic carbocycles. The van der Waals surface area contributed by atoms with Gasteiger partial charge in [0.15, 0.2) is 0 Å². The van der Waals surface area contributed by atoms with E-state index in [0.717, 1.165) is 20.5 Å². The molecule has 1 amide bonds. The summed E-state index contributed by atoms with van der Waals surface area (Å²) in [5.74, 6) is 0.318. The number of halogens is 1. The first-order valence-electron chi connectivity index (χ1n) is 6.28. The molecule has 0 aliphatic heterocycles. The van der Waals surface area contributed by atoms with Crippen molar-refractivity contribution >= 4 is 28.5 Å². The van der Waals surface area contributed by atoms with Gasteiger partial charge in [-0.3, -0.25) is 4.79 Å². The molecule has 0 atom stereocenters. The van der Waals surface area contributed by atoms with Crippen LogP contribution in [0.2, 0.25) is 0 Å². The minimum absolute atomic E-state index is 0.132. The zero-order chi connectivity index (χ0) is 15.1. The molecular weight excluding hydrogens is 367 g/mol. The summed E-state index contributed by atoms with van der Waals surface area (Å²) in [4.78, 5) is 11.6. The number of hydrogen-bond acceptors (Lipinski definition) is 3. The van der Waals surface area contributed by atoms with Crippen molar-refractivity contribution in [2.24, 2.45) is 5.73 Å². The Morgan fingerprint density at radius 1 is 1.35 bits per heavy atom. The Labute approximate surface area is 131 Å². The molecule has 0 aliphatic rings. The van der Waals surface area contributed by atoms with Gasteiger partial charge in [0.1, 0.15) is 11.5 Å². The zero-order valence-corrected chi connectivity index (χ0v) is 14.1. The first-order chi connectivity index (χ1) is 9.21. The minimum atomic E-state index is -0.460. The van der Waals surface area contributed by atoms with Gasteiger partial charge in [-0.15, -0.1) is 0 Å². The lowest BCUT2D eigenvalue weighted by atomic mass is 9.92. The van der Waals surface area contributed by atoms with Gasteiger partial charge in [0.2, 0.25) is 5.91 Å². The van der Waals surface area contributed by atoms with E-state index in [0.29, 0.717) is 11.3 Å². The molecule has 0 spiro atoms. The van der Waals surface area contributed by atoms with Crippen molar-refractivity contribution in [2.45, 2.75) is 33.1 Å². The molecule has 0 fully saturated rings. The molecule has 1 aromatic heterocycles. The number of benzene rings is 1. The summed E-state index contributed by atoms with van der Waals surface area (Å²) in [5, 5.41) is 4.11. The van der Waals surface area contributed by atoms with Gasteiger partial charge in [-0.2, -0.15) is 0 Å². The third kappa shape index (κ3) is 2.72. The standard InChI is InChI=1S/C15H17IN2O2/c1-8-5-6-9(14(17)19)12(13(8)16)10-7-11(20-18-10)15(2,3)4/h5-7H,1-4H3,(H2,17,19). The maximum Gasteiger partial charge on any atom is 0.249 e. The number of primary amides is 1. The van der Waals surface area contributed by atoms with E-state index in [4.69, 9.17) is 10.3 Å². The van der Waals surface area contributed by atoms with E-state index in [1.807, 2.05) is 39.8 Å². The van der Waals surface area contributed by atoms with E-state index in [1.165, 1.54) is 0 Å². The van der Waals surface area contributed by atoms with Crippen LogP contribution < -0.4 is 5.73 Å². The number of amides is 1. The summed E-state index contributed by atoms with van der Waals surface area (Å²) in [6.07, 6.45) is 0. The third-order valence-electron chi connectivity index (χ3n) is 3.11. The highest BCUT2D eigenvalue weighted by atomic mass is 127. The predicted molar refractivity (Wildman–Crippen MR) is 86.6 cm³/mol. The zero-order valence-electron chi connectivity index (χ0n) is 12.0. The third-order valence-corrected chi connectivity index (χ3v) is 4.50. The molecular formula is C15H17IN2O2. The molecule has 2 rings (SSSR count). The van der Waals surface area contributed by atoms with Crippen LogP contribution in [0.15, 0.2) is 22.7 Å². The van der Waals surface area contributed by atoms with Crippen LogP contribution in [0.5, 0.6) is 0 Å². The molecule has 106 valence electrons. The number of rotatable bonds is 2. The quantitative estimate of drug-likeness (QED) is 0.804. The second-order valence-electron chi connectivity index (χ2n) is 5.81. The Kier molecular flexibility index (Phi) is 3.90. The summed E-state index contributed by atoms with van der Waals surface area (Å²) in [7, 11) is 0. The number of carbonyl (C=O) groups excluding carboxylic acids is 1. The maximum atomic E-state index is 11.6. The lowest BCUT2D eigenvalue weighted by Gasteiger charge is -2.12. The van der Waals surface area contributed by atoms with E-state index in [9.17, 15) is 4.79 Å². The van der Waals surface area contributed by atoms with Gasteiger partial charge in [-0.1, -0.05) is 32.0 Å². The monoisotopic (exact) mass is 384 g/mol. The van der Waals surface area contributed by atoms with Crippen LogP contribution >= 0.6 is 22.6 Å². The van der Waals surface area contributed by atoms with Crippen LogP contribution in [0.25, 0.3) is 11.3 Å². The van der Waals surface area contributed by atoms with Crippen LogP contribution in [0.4, 0.5) is 0 Å². The molecule has 2 N–H and O–H groups in total. The number of hydrogen-bond donors (Lipinski definition) is 1. The van der Waals surface area contributed by atoms with Crippen molar-refractivity contribution in [1.82, 2.24) is 5.16 Å². The highest BCUT2D eigenvalue weighted by Gasteiger charge is 2.23. The fourth-order valence-corrected chi connectivity index (χ4v) is 2.63. The lowest BCUT2D eigenvalue weighted by Crippen LogP contribution is -2.13. The van der Waals surface area contributed by atoms with Gasteiger partial charge in [-0.25, -0.2) is 0 Å². The number of nitrogens with two attached hydrogens (primary N) is 1. The molecule has 5 heteroatoms. The smallest absolute Gasteiger partial charge is 0.249 e. The second-order valence-corrected chi connectivity index (χ2v) is 6.89. The molecule has 0 radical (unpaired) electrons. The maximum absolute atomic E-state index is 11.6. The molecule has 1 heterocycles. The Morgan fingerprint density at radius 2 is 2.00 bits per heavy atom. The normalized spacial score (nSPS) is 11.7. The van der Waals surface area contributed by atoms with Gasteiger partial charge < -0.3 is 10.3 Å². The molecule has 2 aromatic rings. The summed E-state index contributed by atoms with van der Waals surface area (Å²) >= 11 is 2.21. The molecule has 4 nitrogen and oxygen atoms in total. The van der Waals surface area contributed by atoms with Crippen molar-refractivity contribution in [1.29, 1.82) is 0 Å². The van der Waals surface area contributed by atoms with E-state index in [2.05, 4.69) is 27.7 Å². The SMILES string of the molecule is Cc1ccc(C(N)=O)c(-c2cc(C(C)(C)C)on2)c1I. The summed E-state index contributed by atoms with van der Waals surface area (Å²) in [6.45, 7) is 8.13. The first-order valence-corrected chi connectivity index (χ1v) is 7.36. The predicted octanol–water partition coefficient (Wildman–Crippen LogP) is 3.65. The van der Waals surface area contributed by atoms with Crippen molar-refractivity contribution in [2.75, 3.05) is 0 Å². The Balaban J connectivity index is 2.66. The van der Waals surface area contributed by atoms with E-state index in [-0.39, 0.29) is 5.41 Å².